The first-order chi connectivity index (χ1) is 58.7. The fourth-order valence-electron chi connectivity index (χ4n) is 16.1. The van der Waals surface area contributed by atoms with Crippen LogP contribution in [-0.4, -0.2) is 529 Å². The average molecular weight is 1820 g/mol. The van der Waals surface area contributed by atoms with Gasteiger partial charge < -0.3 is 255 Å². The van der Waals surface area contributed by atoms with Gasteiger partial charge in [-0.15, -0.1) is 0 Å². The number of hydrogen-bond donors (Lipinski definition) is 31. The Labute approximate surface area is 703 Å². The lowest BCUT2D eigenvalue weighted by molar-refractivity contribution is -0.400. The molecule has 10 aliphatic heterocycles. The van der Waals surface area contributed by atoms with Gasteiger partial charge in [-0.2, -0.15) is 0 Å². The van der Waals surface area contributed by atoms with Crippen LogP contribution in [0.3, 0.4) is 0 Å². The fraction of sp³-hybridized carbons (Fsp3) is 0.942. The molecule has 10 rings (SSSR count). The summed E-state index contributed by atoms with van der Waals surface area (Å²) in [5.41, 5.74) is 5.59. The highest BCUT2D eigenvalue weighted by Crippen LogP contribution is 2.42. The molecule has 718 valence electrons. The summed E-state index contributed by atoms with van der Waals surface area (Å²) in [6, 6.07) is -7.46. The summed E-state index contributed by atoms with van der Waals surface area (Å²) in [5.74, 6) is -3.68. The number of hydrogen-bond acceptors (Lipinski definition) is 51. The zero-order valence-corrected chi connectivity index (χ0v) is 66.9. The molecule has 10 saturated heterocycles. The van der Waals surface area contributed by atoms with E-state index in [1.807, 2.05) is 0 Å². The molecule has 55 nitrogen and oxygen atoms in total. The molecule has 10 fully saturated rings. The molecule has 0 radical (unpaired) electrons. The number of rotatable bonds is 33. The average Bonchev–Trinajstić information content (AvgIpc) is 0.763. The van der Waals surface area contributed by atoms with Crippen LogP contribution in [0.2, 0.25) is 0 Å². The van der Waals surface area contributed by atoms with Crippen LogP contribution in [0.4, 0.5) is 0 Å². The minimum atomic E-state index is -2.62. The predicted molar refractivity (Wildman–Crippen MR) is 383 cm³/mol. The van der Waals surface area contributed by atoms with E-state index >= 15 is 0 Å². The van der Waals surface area contributed by atoms with Crippen LogP contribution in [0.5, 0.6) is 0 Å². The van der Waals surface area contributed by atoms with Crippen molar-refractivity contribution in [3.63, 3.8) is 0 Å². The van der Waals surface area contributed by atoms with Crippen LogP contribution < -0.4 is 27.0 Å². The second-order valence-corrected chi connectivity index (χ2v) is 31.3. The molecular weight excluding hydrogens is 1700 g/mol. The number of aliphatic hydroxyl groups excluding tert-OH is 26. The molecule has 0 aromatic heterocycles. The highest BCUT2D eigenvalue weighted by Gasteiger charge is 2.62. The second kappa shape index (κ2) is 44.9. The zero-order valence-electron chi connectivity index (χ0n) is 66.9. The molecule has 20 unspecified atom stereocenters. The van der Waals surface area contributed by atoms with Gasteiger partial charge in [-0.05, 0) is 6.92 Å². The summed E-state index contributed by atoms with van der Waals surface area (Å²) in [6.45, 7) is -5.64. The van der Waals surface area contributed by atoms with Gasteiger partial charge in [-0.25, -0.2) is 0 Å². The van der Waals surface area contributed by atoms with E-state index in [0.29, 0.717) is 0 Å². The Morgan fingerprint density at radius 3 is 0.919 bits per heavy atom. The lowest BCUT2D eigenvalue weighted by Gasteiger charge is -2.51. The van der Waals surface area contributed by atoms with Crippen molar-refractivity contribution in [3.8, 4) is 0 Å². The summed E-state index contributed by atoms with van der Waals surface area (Å²) in [5, 5.41) is 301. The summed E-state index contributed by atoms with van der Waals surface area (Å²) in [6.07, 6.45) is -96.1. The monoisotopic (exact) mass is 1820 g/mol. The summed E-state index contributed by atoms with van der Waals surface area (Å²) in [7, 11) is 0. The third-order valence-corrected chi connectivity index (χ3v) is 22.7. The highest BCUT2D eigenvalue weighted by atomic mass is 16.8. The molecule has 0 aromatic carbocycles. The van der Waals surface area contributed by atoms with E-state index in [1.54, 1.807) is 0 Å². The highest BCUT2D eigenvalue weighted by molar-refractivity contribution is 5.74. The van der Waals surface area contributed by atoms with Crippen molar-refractivity contribution in [2.45, 2.75) is 341 Å². The molecule has 0 aromatic rings. The van der Waals surface area contributed by atoms with Crippen LogP contribution in [0.25, 0.3) is 0 Å². The van der Waals surface area contributed by atoms with Crippen molar-refractivity contribution >= 4 is 23.6 Å². The molecule has 0 aliphatic carbocycles. The maximum absolute atomic E-state index is 13.5. The van der Waals surface area contributed by atoms with Gasteiger partial charge in [0.15, 0.2) is 62.9 Å². The smallest absolute Gasteiger partial charge is 0.217 e. The van der Waals surface area contributed by atoms with Gasteiger partial charge in [0, 0.05) is 27.7 Å². The van der Waals surface area contributed by atoms with Crippen molar-refractivity contribution in [1.82, 2.24) is 21.3 Å². The number of nitrogens with one attached hydrogen (secondary N) is 4. The van der Waals surface area contributed by atoms with Crippen LogP contribution >= 0.6 is 0 Å². The Morgan fingerprint density at radius 1 is 0.242 bits per heavy atom. The minimum absolute atomic E-state index is 0.543. The van der Waals surface area contributed by atoms with E-state index in [4.69, 9.17) is 100 Å². The SMILES string of the molecule is CC(=O)NC1[C@H](OCN)OC(CO)[C@@H](O[C@@H]2OC(CO)[C@@H](O[C@@H]3OC(CO[C@H]4OC(CO)[C@@H](O)[C@H](O)C4O[C@@H]4OC(CO)[C@@H](O[C@@H]5OC(CO)[C@H](O)[C@H](O)C5O)[C@H](O[C@@H]5OC(C)[C@@H](O)[C@H](O)C5O)C4NC(C)=O)[C@@H](O)[C@H](O[C@@H]4OC(CO)[C@H](O)C(O)[C@@H]4O[C@@H]4OC(CO)[C@@H](O[C@@H]5OC(CO)[C@H](O)[C@H](O)C5O)[C@H](O)C4NC(C)=O)C3O)[C@H](O)C2NC(C)=O)[C@@H]1O. The molecule has 4 amide bonds. The first-order valence-electron chi connectivity index (χ1n) is 39.7. The van der Waals surface area contributed by atoms with Gasteiger partial charge in [-0.1, -0.05) is 0 Å². The second-order valence-electron chi connectivity index (χ2n) is 31.3. The third-order valence-electron chi connectivity index (χ3n) is 22.7. The molecule has 10 aliphatic rings. The number of nitrogens with two attached hydrogens (primary N) is 1. The molecule has 55 heteroatoms. The number of aliphatic hydroxyl groups is 26. The number of carbonyl (C=O) groups is 4. The summed E-state index contributed by atoms with van der Waals surface area (Å²) >= 11 is 0. The van der Waals surface area contributed by atoms with Gasteiger partial charge in [0.2, 0.25) is 23.6 Å². The van der Waals surface area contributed by atoms with Gasteiger partial charge in [0.25, 0.3) is 0 Å². The van der Waals surface area contributed by atoms with E-state index in [1.165, 1.54) is 6.92 Å². The third kappa shape index (κ3) is 22.5. The molecule has 0 saturated carbocycles. The summed E-state index contributed by atoms with van der Waals surface area (Å²) < 4.78 is 120. The molecule has 32 N–H and O–H groups in total. The Kier molecular flexibility index (Phi) is 37.0. The first kappa shape index (κ1) is 102. The van der Waals surface area contributed by atoms with Crippen molar-refractivity contribution < 1.29 is 247 Å². The molecule has 50 atom stereocenters. The molecule has 10 heterocycles. The normalized spacial score (nSPS) is 49.1. The van der Waals surface area contributed by atoms with E-state index in [2.05, 4.69) is 21.3 Å². The fourth-order valence-corrected chi connectivity index (χ4v) is 16.1. The van der Waals surface area contributed by atoms with Crippen molar-refractivity contribution in [2.24, 2.45) is 5.73 Å². The van der Waals surface area contributed by atoms with Crippen molar-refractivity contribution in [1.29, 1.82) is 0 Å². The maximum Gasteiger partial charge on any atom is 0.217 e. The van der Waals surface area contributed by atoms with E-state index in [-0.39, 0.29) is 0 Å². The topological polar surface area (TPSA) is 853 Å². The summed E-state index contributed by atoms with van der Waals surface area (Å²) in [4.78, 5) is 52.1. The maximum atomic E-state index is 13.5. The molecule has 124 heavy (non-hydrogen) atoms. The quantitative estimate of drug-likeness (QED) is 0.0271. The number of ether oxygens (including phenoxy) is 20. The van der Waals surface area contributed by atoms with Crippen LogP contribution in [0.1, 0.15) is 34.6 Å². The van der Waals surface area contributed by atoms with Gasteiger partial charge in [0.1, 0.15) is 238 Å². The van der Waals surface area contributed by atoms with Crippen LogP contribution in [0, 0.1) is 0 Å². The van der Waals surface area contributed by atoms with Crippen molar-refractivity contribution in [3.05, 3.63) is 0 Å². The zero-order chi connectivity index (χ0) is 91.2. The number of amides is 4. The van der Waals surface area contributed by atoms with Crippen LogP contribution in [0.15, 0.2) is 0 Å². The molecule has 0 bridgehead atoms. The standard InChI is InChI=1S/C69H117N5O50/c1-16-34(87)43(96)48(101)64(107-16)121-56-33(74-20(5)86)63(115-28(13-82)55(56)120-66-50(103)45(98)36(89)22(7-76)109-66)123-58-46(99)37(90)23(8-77)110-68(58)105-14-29-39(92)57(51(104)67(116-29)119-54-27(12-81)113-61(31(41(54)94)72-18(3)84)117-52-25(10-79)112-60(106-15-70)30(40(52)93)71-17(2)83)122-69-59(47(100)38(91)24(9-78)111-69)124-62-32(73-19(4)85)42(95)53(26(11-80)114-62)118-65-49(102)44(97)35(88)21(6-75)108-65/h16,21-69,75-82,87-104H,6-15,70H2,1-5H3,(H,71,83)(H,72,84)(H,73,85)(H,74,86)/t16?,21?,22?,23?,24?,25?,26?,27?,28?,29?,30?,31?,32?,33?,34-,35+,36+,37-,38+,39-,40-,41-,42-,43+,44+,45+,46+,47?,48?,49?,50?,51?,52-,53-,54-,55-,56-,57+,58?,59+,60-,61+,62+,63+,64+,65+,66+,67+,68+,69+/m1/s1. The lowest BCUT2D eigenvalue weighted by atomic mass is 9.93. The van der Waals surface area contributed by atoms with Crippen LogP contribution in [-0.2, 0) is 114 Å². The largest absolute Gasteiger partial charge is 0.394 e. The Hall–Kier alpha value is -4.00. The van der Waals surface area contributed by atoms with E-state index in [0.717, 1.165) is 27.7 Å². The van der Waals surface area contributed by atoms with Gasteiger partial charge in [-0.3, -0.25) is 19.2 Å². The van der Waals surface area contributed by atoms with E-state index < -0.39 is 397 Å². The molecular formula is C69H117N5O50. The predicted octanol–water partition coefficient (Wildman–Crippen LogP) is -21.3. The Bertz CT molecular complexity index is 3330. The minimum Gasteiger partial charge on any atom is -0.394 e. The molecule has 0 spiro atoms. The van der Waals surface area contributed by atoms with Gasteiger partial charge in [0.05, 0.1) is 72.3 Å². The van der Waals surface area contributed by atoms with Crippen molar-refractivity contribution in [2.75, 3.05) is 66.2 Å². The van der Waals surface area contributed by atoms with E-state index in [9.17, 15) is 152 Å². The lowest BCUT2D eigenvalue weighted by Crippen LogP contribution is -2.71. The number of carbonyl (C=O) groups excluding carboxylic acids is 4. The Balaban J connectivity index is 1.01. The Morgan fingerprint density at radius 2 is 0.516 bits per heavy atom. The van der Waals surface area contributed by atoms with Gasteiger partial charge >= 0.3 is 0 Å². The first-order valence-corrected chi connectivity index (χ1v) is 39.7.